The van der Waals surface area contributed by atoms with E-state index in [1.54, 1.807) is 0 Å². The summed E-state index contributed by atoms with van der Waals surface area (Å²) in [5.41, 5.74) is 4.85. The van der Waals surface area contributed by atoms with Crippen molar-refractivity contribution in [1.82, 2.24) is 0 Å². The van der Waals surface area contributed by atoms with Crippen molar-refractivity contribution in [3.8, 4) is 0 Å². The van der Waals surface area contributed by atoms with Gasteiger partial charge in [-0.3, -0.25) is 4.79 Å². The predicted octanol–water partition coefficient (Wildman–Crippen LogP) is 1.13. The van der Waals surface area contributed by atoms with Crippen LogP contribution in [0.2, 0.25) is 0 Å². The summed E-state index contributed by atoms with van der Waals surface area (Å²) in [5.74, 6) is -0.609. The van der Waals surface area contributed by atoms with Gasteiger partial charge >= 0.3 is 5.97 Å². The molecule has 3 nitrogen and oxygen atoms in total. The van der Waals surface area contributed by atoms with Gasteiger partial charge in [0.1, 0.15) is 5.60 Å². The van der Waals surface area contributed by atoms with Crippen LogP contribution in [0.1, 0.15) is 27.2 Å². The molecule has 71 valence electrons. The molecule has 0 bridgehead atoms. The van der Waals surface area contributed by atoms with Crippen LogP contribution in [0.4, 0.5) is 0 Å². The predicted molar refractivity (Wildman–Crippen MR) is 48.4 cm³/mol. The highest BCUT2D eigenvalue weighted by Gasteiger charge is 2.20. The first-order valence-electron chi connectivity index (χ1n) is 4.13. The van der Waals surface area contributed by atoms with Crippen LogP contribution in [0.25, 0.3) is 0 Å². The Morgan fingerprint density at radius 1 is 1.58 bits per heavy atom. The minimum Gasteiger partial charge on any atom is -0.460 e. The van der Waals surface area contributed by atoms with Gasteiger partial charge in [-0.25, -0.2) is 0 Å². The largest absolute Gasteiger partial charge is 0.460 e. The molecule has 0 amide bonds. The maximum Gasteiger partial charge on any atom is 0.309 e. The minimum atomic E-state index is -0.429. The van der Waals surface area contributed by atoms with E-state index in [1.165, 1.54) is 0 Å². The molecule has 0 aliphatic carbocycles. The molecule has 0 saturated heterocycles. The number of nitrogens with two attached hydrogens (primary N) is 1. The molecule has 0 aliphatic heterocycles. The minimum absolute atomic E-state index is 0.270. The molecule has 0 heterocycles. The van der Waals surface area contributed by atoms with Gasteiger partial charge in [0, 0.05) is 0 Å². The zero-order chi connectivity index (χ0) is 9.78. The summed E-state index contributed by atoms with van der Waals surface area (Å²) in [6.45, 7) is 9.62. The molecule has 0 aromatic rings. The van der Waals surface area contributed by atoms with Crippen LogP contribution in [0.5, 0.6) is 0 Å². The van der Waals surface area contributed by atoms with Crippen LogP contribution >= 0.6 is 0 Å². The van der Waals surface area contributed by atoms with Crippen LogP contribution in [0, 0.1) is 12.8 Å². The van der Waals surface area contributed by atoms with Crippen LogP contribution in [0.3, 0.4) is 0 Å². The Bertz CT molecular complexity index is 149. The zero-order valence-electron chi connectivity index (χ0n) is 8.09. The van der Waals surface area contributed by atoms with Gasteiger partial charge in [0.15, 0.2) is 0 Å². The monoisotopic (exact) mass is 172 g/mol. The van der Waals surface area contributed by atoms with Gasteiger partial charge < -0.3 is 10.5 Å². The Morgan fingerprint density at radius 3 is 2.42 bits per heavy atom. The lowest BCUT2D eigenvalue weighted by molar-refractivity contribution is -0.158. The van der Waals surface area contributed by atoms with E-state index in [2.05, 4.69) is 6.92 Å². The van der Waals surface area contributed by atoms with Gasteiger partial charge in [0.25, 0.3) is 0 Å². The number of rotatable bonds is 3. The highest BCUT2D eigenvalue weighted by molar-refractivity contribution is 5.73. The topological polar surface area (TPSA) is 52.3 Å². The molecule has 12 heavy (non-hydrogen) atoms. The zero-order valence-corrected chi connectivity index (χ0v) is 8.09. The summed E-state index contributed by atoms with van der Waals surface area (Å²) in [4.78, 5) is 11.2. The average molecular weight is 172 g/mol. The van der Waals surface area contributed by atoms with E-state index in [0.717, 1.165) is 0 Å². The molecule has 0 fully saturated rings. The van der Waals surface area contributed by atoms with Crippen molar-refractivity contribution in [3.63, 3.8) is 0 Å². The van der Waals surface area contributed by atoms with E-state index in [1.807, 2.05) is 20.8 Å². The third kappa shape index (κ3) is 5.13. The maximum atomic E-state index is 11.2. The van der Waals surface area contributed by atoms with Crippen molar-refractivity contribution in [2.24, 2.45) is 11.7 Å². The summed E-state index contributed by atoms with van der Waals surface area (Å²) < 4.78 is 5.10. The summed E-state index contributed by atoms with van der Waals surface area (Å²) in [6, 6.07) is 0. The summed E-state index contributed by atoms with van der Waals surface area (Å²) in [7, 11) is 0. The molecule has 2 N–H and O–H groups in total. The summed E-state index contributed by atoms with van der Waals surface area (Å²) in [6.07, 6.45) is 0.578. The van der Waals surface area contributed by atoms with Crippen molar-refractivity contribution in [2.75, 3.05) is 6.54 Å². The Hall–Kier alpha value is -0.570. The lowest BCUT2D eigenvalue weighted by Crippen LogP contribution is -2.28. The number of carbonyl (C=O) groups is 1. The van der Waals surface area contributed by atoms with E-state index in [0.29, 0.717) is 13.0 Å². The second-order valence-electron chi connectivity index (χ2n) is 3.81. The second-order valence-corrected chi connectivity index (χ2v) is 3.81. The van der Waals surface area contributed by atoms with Crippen LogP contribution in [0.15, 0.2) is 0 Å². The van der Waals surface area contributed by atoms with Crippen molar-refractivity contribution in [2.45, 2.75) is 32.8 Å². The number of hydrogen-bond donors (Lipinski definition) is 1. The normalized spacial score (nSPS) is 14.1. The number of ether oxygens (including phenoxy) is 1. The van der Waals surface area contributed by atoms with Gasteiger partial charge in [-0.1, -0.05) is 0 Å². The van der Waals surface area contributed by atoms with E-state index >= 15 is 0 Å². The lowest BCUT2D eigenvalue weighted by atomic mass is 10.1. The maximum absolute atomic E-state index is 11.2. The van der Waals surface area contributed by atoms with Crippen LogP contribution in [-0.2, 0) is 9.53 Å². The van der Waals surface area contributed by atoms with Crippen LogP contribution in [-0.4, -0.2) is 18.1 Å². The first kappa shape index (κ1) is 11.4. The Kier molecular flexibility index (Phi) is 4.24. The fourth-order valence-corrected chi connectivity index (χ4v) is 0.704. The van der Waals surface area contributed by atoms with Gasteiger partial charge in [0.05, 0.1) is 5.92 Å². The Labute approximate surface area is 74.3 Å². The van der Waals surface area contributed by atoms with E-state index < -0.39 is 5.60 Å². The Morgan fingerprint density at radius 2 is 2.08 bits per heavy atom. The van der Waals surface area contributed by atoms with E-state index in [-0.39, 0.29) is 11.9 Å². The quantitative estimate of drug-likeness (QED) is 0.649. The number of carbonyl (C=O) groups excluding carboxylic acids is 1. The SMILES string of the molecule is [CH2][C@H](CCN)C(=O)OC(C)(C)C. The standard InChI is InChI=1S/C9H18NO2/c1-7(5-6-10)8(11)12-9(2,3)4/h7H,1,5-6,10H2,2-4H3/t7-/m1/s1. The molecule has 1 radical (unpaired) electrons. The Balaban J connectivity index is 3.87. The van der Waals surface area contributed by atoms with Gasteiger partial charge in [0.2, 0.25) is 0 Å². The first-order valence-corrected chi connectivity index (χ1v) is 4.13. The molecule has 0 aromatic heterocycles. The molecule has 0 spiro atoms. The summed E-state index contributed by atoms with van der Waals surface area (Å²) in [5, 5.41) is 0. The molecule has 0 aliphatic rings. The smallest absolute Gasteiger partial charge is 0.309 e. The molecule has 1 atom stereocenters. The molecule has 0 rings (SSSR count). The molecule has 3 heteroatoms. The molecular weight excluding hydrogens is 154 g/mol. The summed E-state index contributed by atoms with van der Waals surface area (Å²) >= 11 is 0. The average Bonchev–Trinajstić information content (AvgIpc) is 1.84. The second kappa shape index (κ2) is 4.45. The lowest BCUT2D eigenvalue weighted by Gasteiger charge is -2.21. The molecule has 0 saturated carbocycles. The number of esters is 1. The fourth-order valence-electron chi connectivity index (χ4n) is 0.704. The van der Waals surface area contributed by atoms with Crippen molar-refractivity contribution < 1.29 is 9.53 Å². The highest BCUT2D eigenvalue weighted by atomic mass is 16.6. The molecule has 0 unspecified atom stereocenters. The third-order valence-corrected chi connectivity index (χ3v) is 1.26. The third-order valence-electron chi connectivity index (χ3n) is 1.26. The van der Waals surface area contributed by atoms with Crippen molar-refractivity contribution in [1.29, 1.82) is 0 Å². The van der Waals surface area contributed by atoms with E-state index in [4.69, 9.17) is 10.5 Å². The highest BCUT2D eigenvalue weighted by Crippen LogP contribution is 2.12. The fraction of sp³-hybridized carbons (Fsp3) is 0.778. The van der Waals surface area contributed by atoms with Crippen molar-refractivity contribution in [3.05, 3.63) is 6.92 Å². The number of hydrogen-bond acceptors (Lipinski definition) is 3. The first-order chi connectivity index (χ1) is 5.37. The molecule has 0 aromatic carbocycles. The van der Waals surface area contributed by atoms with Gasteiger partial charge in [-0.15, -0.1) is 0 Å². The van der Waals surface area contributed by atoms with E-state index in [9.17, 15) is 4.79 Å². The van der Waals surface area contributed by atoms with Gasteiger partial charge in [-0.2, -0.15) is 0 Å². The van der Waals surface area contributed by atoms with Crippen molar-refractivity contribution >= 4 is 5.97 Å². The van der Waals surface area contributed by atoms with Crippen LogP contribution < -0.4 is 5.73 Å². The molecular formula is C9H18NO2. The van der Waals surface area contributed by atoms with Gasteiger partial charge in [-0.05, 0) is 40.7 Å².